The van der Waals surface area contributed by atoms with Crippen molar-refractivity contribution in [3.8, 4) is 0 Å². The lowest BCUT2D eigenvalue weighted by atomic mass is 9.94. The molecule has 3 heterocycles. The van der Waals surface area contributed by atoms with Crippen LogP contribution >= 0.6 is 0 Å². The molecule has 1 aromatic carbocycles. The van der Waals surface area contributed by atoms with Crippen molar-refractivity contribution in [1.82, 2.24) is 19.8 Å². The Labute approximate surface area is 163 Å². The minimum Gasteiger partial charge on any atom is -0.299 e. The van der Waals surface area contributed by atoms with Gasteiger partial charge in [-0.15, -0.1) is 0 Å². The van der Waals surface area contributed by atoms with Crippen molar-refractivity contribution in [1.29, 1.82) is 0 Å². The number of hydrogen-bond donors (Lipinski definition) is 0. The van der Waals surface area contributed by atoms with Crippen LogP contribution in [0.1, 0.15) is 48.8 Å². The summed E-state index contributed by atoms with van der Waals surface area (Å²) in [5.41, 5.74) is 4.08. The summed E-state index contributed by atoms with van der Waals surface area (Å²) in [7, 11) is 0. The third kappa shape index (κ3) is 4.94. The molecule has 1 fully saturated rings. The number of hydrogen-bond acceptors (Lipinski definition) is 4. The van der Waals surface area contributed by atoms with Crippen LogP contribution in [0, 0.1) is 5.92 Å². The Kier molecular flexibility index (Phi) is 6.15. The van der Waals surface area contributed by atoms with Crippen LogP contribution in [-0.2, 0) is 25.9 Å². The smallest absolute Gasteiger partial charge is 0.128 e. The van der Waals surface area contributed by atoms with E-state index in [1.807, 2.05) is 0 Å². The van der Waals surface area contributed by atoms with E-state index in [0.717, 1.165) is 50.6 Å². The van der Waals surface area contributed by atoms with Gasteiger partial charge in [-0.25, -0.2) is 9.97 Å². The number of aromatic nitrogens is 2. The summed E-state index contributed by atoms with van der Waals surface area (Å²) in [6.07, 6.45) is 7.93. The third-order valence-corrected chi connectivity index (χ3v) is 6.02. The third-order valence-electron chi connectivity index (χ3n) is 6.02. The van der Waals surface area contributed by atoms with E-state index in [9.17, 15) is 0 Å². The first-order valence-corrected chi connectivity index (χ1v) is 10.6. The van der Waals surface area contributed by atoms with Crippen molar-refractivity contribution < 1.29 is 0 Å². The zero-order valence-corrected chi connectivity index (χ0v) is 16.6. The molecule has 2 aliphatic rings. The second-order valence-electron chi connectivity index (χ2n) is 8.20. The first-order valence-electron chi connectivity index (χ1n) is 10.6. The average Bonchev–Trinajstić information content (AvgIpc) is 2.70. The summed E-state index contributed by atoms with van der Waals surface area (Å²) < 4.78 is 0. The Hall–Kier alpha value is -1.78. The minimum atomic E-state index is 0.829. The molecule has 27 heavy (non-hydrogen) atoms. The molecule has 0 saturated carbocycles. The molecule has 0 bridgehead atoms. The SMILES string of the molecule is CCCc1ncc2c(n1)CN(CC1CCN(Cc3ccccc3)CC1)CC2. The van der Waals surface area contributed by atoms with Gasteiger partial charge in [0, 0.05) is 38.8 Å². The molecular formula is C23H32N4. The van der Waals surface area contributed by atoms with Crippen molar-refractivity contribution in [3.05, 3.63) is 59.2 Å². The molecule has 0 amide bonds. The molecule has 0 unspecified atom stereocenters. The van der Waals surface area contributed by atoms with E-state index in [1.54, 1.807) is 0 Å². The van der Waals surface area contributed by atoms with Crippen LogP contribution in [0.5, 0.6) is 0 Å². The van der Waals surface area contributed by atoms with Gasteiger partial charge in [-0.3, -0.25) is 9.80 Å². The van der Waals surface area contributed by atoms with E-state index in [2.05, 4.69) is 58.2 Å². The standard InChI is InChI=1S/C23H32N4/c1-2-6-23-24-15-21-11-14-27(18-22(21)25-23)17-20-9-12-26(13-10-20)16-19-7-4-3-5-8-19/h3-5,7-8,15,20H,2,6,9-14,16-18H2,1H3. The van der Waals surface area contributed by atoms with Gasteiger partial charge in [0.05, 0.1) is 5.69 Å². The maximum Gasteiger partial charge on any atom is 0.128 e. The number of likely N-dealkylation sites (tertiary alicyclic amines) is 1. The van der Waals surface area contributed by atoms with Gasteiger partial charge in [0.2, 0.25) is 0 Å². The van der Waals surface area contributed by atoms with E-state index < -0.39 is 0 Å². The fourth-order valence-electron chi connectivity index (χ4n) is 4.43. The molecular weight excluding hydrogens is 332 g/mol. The highest BCUT2D eigenvalue weighted by Crippen LogP contribution is 2.23. The van der Waals surface area contributed by atoms with Crippen molar-refractivity contribution in [3.63, 3.8) is 0 Å². The lowest BCUT2D eigenvalue weighted by Crippen LogP contribution is -2.40. The topological polar surface area (TPSA) is 32.3 Å². The van der Waals surface area contributed by atoms with Gasteiger partial charge in [-0.05, 0) is 55.8 Å². The van der Waals surface area contributed by atoms with Crippen LogP contribution in [0.3, 0.4) is 0 Å². The van der Waals surface area contributed by atoms with Gasteiger partial charge in [0.25, 0.3) is 0 Å². The van der Waals surface area contributed by atoms with Crippen LogP contribution in [0.15, 0.2) is 36.5 Å². The monoisotopic (exact) mass is 364 g/mol. The van der Waals surface area contributed by atoms with Gasteiger partial charge in [-0.2, -0.15) is 0 Å². The van der Waals surface area contributed by atoms with Crippen molar-refractivity contribution in [2.75, 3.05) is 26.2 Å². The summed E-state index contributed by atoms with van der Waals surface area (Å²) in [6.45, 7) is 9.15. The second-order valence-corrected chi connectivity index (χ2v) is 8.20. The fraction of sp³-hybridized carbons (Fsp3) is 0.565. The molecule has 1 aromatic heterocycles. The summed E-state index contributed by atoms with van der Waals surface area (Å²) in [6, 6.07) is 10.9. The first-order chi connectivity index (χ1) is 13.3. The predicted molar refractivity (Wildman–Crippen MR) is 109 cm³/mol. The van der Waals surface area contributed by atoms with Gasteiger partial charge in [0.1, 0.15) is 5.82 Å². The minimum absolute atomic E-state index is 0.829. The zero-order chi connectivity index (χ0) is 18.5. The predicted octanol–water partition coefficient (Wildman–Crippen LogP) is 3.70. The molecule has 4 rings (SSSR count). The number of nitrogens with zero attached hydrogens (tertiary/aromatic N) is 4. The molecule has 2 aromatic rings. The molecule has 0 N–H and O–H groups in total. The quantitative estimate of drug-likeness (QED) is 0.782. The summed E-state index contributed by atoms with van der Waals surface area (Å²) in [5, 5.41) is 0. The van der Waals surface area contributed by atoms with Crippen LogP contribution in [0.4, 0.5) is 0 Å². The number of fused-ring (bicyclic) bond motifs is 1. The molecule has 4 nitrogen and oxygen atoms in total. The highest BCUT2D eigenvalue weighted by Gasteiger charge is 2.24. The number of piperidine rings is 1. The zero-order valence-electron chi connectivity index (χ0n) is 16.6. The van der Waals surface area contributed by atoms with Crippen LogP contribution in [0.2, 0.25) is 0 Å². The molecule has 1 saturated heterocycles. The Bertz CT molecular complexity index is 722. The Morgan fingerprint density at radius 2 is 1.85 bits per heavy atom. The van der Waals surface area contributed by atoms with Crippen LogP contribution in [0.25, 0.3) is 0 Å². The van der Waals surface area contributed by atoms with E-state index >= 15 is 0 Å². The molecule has 0 radical (unpaired) electrons. The van der Waals surface area contributed by atoms with Gasteiger partial charge in [-0.1, -0.05) is 37.3 Å². The summed E-state index contributed by atoms with van der Waals surface area (Å²) >= 11 is 0. The van der Waals surface area contributed by atoms with Crippen molar-refractivity contribution in [2.24, 2.45) is 5.92 Å². The van der Waals surface area contributed by atoms with E-state index in [0.29, 0.717) is 0 Å². The number of aryl methyl sites for hydroxylation is 1. The largest absolute Gasteiger partial charge is 0.299 e. The highest BCUT2D eigenvalue weighted by molar-refractivity contribution is 5.20. The Balaban J connectivity index is 1.26. The normalized spacial score (nSPS) is 19.1. The lowest BCUT2D eigenvalue weighted by Gasteiger charge is -2.36. The van der Waals surface area contributed by atoms with E-state index in [4.69, 9.17) is 4.98 Å². The Morgan fingerprint density at radius 1 is 1.04 bits per heavy atom. The number of benzene rings is 1. The molecule has 144 valence electrons. The molecule has 2 aliphatic heterocycles. The van der Waals surface area contributed by atoms with Gasteiger partial charge >= 0.3 is 0 Å². The van der Waals surface area contributed by atoms with Gasteiger partial charge < -0.3 is 0 Å². The summed E-state index contributed by atoms with van der Waals surface area (Å²) in [4.78, 5) is 14.6. The maximum absolute atomic E-state index is 4.84. The van der Waals surface area contributed by atoms with Crippen molar-refractivity contribution in [2.45, 2.75) is 52.1 Å². The van der Waals surface area contributed by atoms with Crippen LogP contribution in [-0.4, -0.2) is 45.9 Å². The molecule has 4 heteroatoms. The van der Waals surface area contributed by atoms with Crippen LogP contribution < -0.4 is 0 Å². The number of rotatable bonds is 6. The van der Waals surface area contributed by atoms with E-state index in [1.165, 1.54) is 49.3 Å². The van der Waals surface area contributed by atoms with Crippen molar-refractivity contribution >= 4 is 0 Å². The molecule has 0 atom stereocenters. The lowest BCUT2D eigenvalue weighted by molar-refractivity contribution is 0.131. The fourth-order valence-corrected chi connectivity index (χ4v) is 4.43. The maximum atomic E-state index is 4.84. The first kappa shape index (κ1) is 18.6. The Morgan fingerprint density at radius 3 is 2.63 bits per heavy atom. The summed E-state index contributed by atoms with van der Waals surface area (Å²) in [5.74, 6) is 1.85. The molecule has 0 spiro atoms. The van der Waals surface area contributed by atoms with Gasteiger partial charge in [0.15, 0.2) is 0 Å². The highest BCUT2D eigenvalue weighted by atomic mass is 15.2. The second kappa shape index (κ2) is 8.94. The molecule has 0 aliphatic carbocycles. The average molecular weight is 365 g/mol. The van der Waals surface area contributed by atoms with E-state index in [-0.39, 0.29) is 0 Å².